The third-order valence-corrected chi connectivity index (χ3v) is 4.33. The molecule has 0 radical (unpaired) electrons. The number of nitrogens with zero attached hydrogens (tertiary/aromatic N) is 1. The van der Waals surface area contributed by atoms with E-state index in [9.17, 15) is 24.6 Å². The lowest BCUT2D eigenvalue weighted by Crippen LogP contribution is -2.59. The second-order valence-corrected chi connectivity index (χ2v) is 8.10. The topological polar surface area (TPSA) is 116 Å². The molecule has 0 aliphatic rings. The van der Waals surface area contributed by atoms with E-state index in [1.165, 1.54) is 0 Å². The summed E-state index contributed by atoms with van der Waals surface area (Å²) in [4.78, 5) is 36.9. The summed E-state index contributed by atoms with van der Waals surface area (Å²) in [6.45, 7) is 4.94. The number of hydrogen-bond acceptors (Lipinski definition) is 5. The molecule has 0 heterocycles. The molecule has 8 nitrogen and oxygen atoms in total. The Balaban J connectivity index is 2.35. The molecule has 0 saturated carbocycles. The lowest BCUT2D eigenvalue weighted by molar-refractivity contribution is -0.148. The SMILES string of the molecule is CC(C)(C)OC(=O)N(NC(Cc1ccccc1)C(=O)O)[C@@H](Cc1ccccc1)C(=O)O. The number of carbonyl (C=O) groups is 3. The van der Waals surface area contributed by atoms with E-state index in [2.05, 4.69) is 5.43 Å². The third kappa shape index (κ3) is 7.75. The quantitative estimate of drug-likeness (QED) is 0.526. The lowest BCUT2D eigenvalue weighted by atomic mass is 10.0. The van der Waals surface area contributed by atoms with Gasteiger partial charge in [-0.05, 0) is 31.9 Å². The fourth-order valence-corrected chi connectivity index (χ4v) is 2.91. The molecule has 3 N–H and O–H groups in total. The average Bonchev–Trinajstić information content (AvgIpc) is 2.69. The zero-order valence-corrected chi connectivity index (χ0v) is 17.8. The van der Waals surface area contributed by atoms with Crippen LogP contribution in [0.15, 0.2) is 60.7 Å². The zero-order chi connectivity index (χ0) is 23.0. The standard InChI is InChI=1S/C23H28N2O6/c1-23(2,3)31-22(30)25(19(21(28)29)15-17-12-8-5-9-13-17)24-18(20(26)27)14-16-10-6-4-7-11-16/h4-13,18-19,24H,14-15H2,1-3H3,(H,26,27)(H,28,29)/t18?,19-/m0/s1. The van der Waals surface area contributed by atoms with Gasteiger partial charge in [-0.1, -0.05) is 60.7 Å². The molecule has 0 bridgehead atoms. The monoisotopic (exact) mass is 428 g/mol. The summed E-state index contributed by atoms with van der Waals surface area (Å²) < 4.78 is 5.37. The molecule has 2 atom stereocenters. The fourth-order valence-electron chi connectivity index (χ4n) is 2.91. The van der Waals surface area contributed by atoms with Gasteiger partial charge in [-0.2, -0.15) is 0 Å². The van der Waals surface area contributed by atoms with Crippen molar-refractivity contribution in [1.82, 2.24) is 10.4 Å². The minimum atomic E-state index is -1.38. The second kappa shape index (κ2) is 10.6. The first-order valence-corrected chi connectivity index (χ1v) is 9.88. The number of ether oxygens (including phenoxy) is 1. The number of aliphatic carboxylic acids is 2. The van der Waals surface area contributed by atoms with Crippen LogP contribution in [0, 0.1) is 0 Å². The van der Waals surface area contributed by atoms with Crippen molar-refractivity contribution >= 4 is 18.0 Å². The van der Waals surface area contributed by atoms with E-state index in [4.69, 9.17) is 4.74 Å². The van der Waals surface area contributed by atoms with Crippen molar-refractivity contribution in [2.45, 2.75) is 51.3 Å². The van der Waals surface area contributed by atoms with Crippen LogP contribution >= 0.6 is 0 Å². The predicted molar refractivity (Wildman–Crippen MR) is 114 cm³/mol. The van der Waals surface area contributed by atoms with Gasteiger partial charge in [0.2, 0.25) is 0 Å². The Hall–Kier alpha value is -3.39. The van der Waals surface area contributed by atoms with Gasteiger partial charge in [0.15, 0.2) is 6.04 Å². The molecular weight excluding hydrogens is 400 g/mol. The van der Waals surface area contributed by atoms with Gasteiger partial charge in [-0.25, -0.2) is 20.0 Å². The van der Waals surface area contributed by atoms with Crippen LogP contribution < -0.4 is 5.43 Å². The molecule has 2 aromatic rings. The highest BCUT2D eigenvalue weighted by molar-refractivity contribution is 5.81. The first-order chi connectivity index (χ1) is 14.6. The Morgan fingerprint density at radius 1 is 0.871 bits per heavy atom. The van der Waals surface area contributed by atoms with Crippen LogP contribution in [0.25, 0.3) is 0 Å². The van der Waals surface area contributed by atoms with Gasteiger partial charge >= 0.3 is 18.0 Å². The van der Waals surface area contributed by atoms with Crippen LogP contribution in [0.5, 0.6) is 0 Å². The molecule has 0 saturated heterocycles. The van der Waals surface area contributed by atoms with E-state index >= 15 is 0 Å². The number of rotatable bonds is 9. The Labute approximate surface area is 181 Å². The van der Waals surface area contributed by atoms with E-state index < -0.39 is 35.7 Å². The Bertz CT molecular complexity index is 880. The van der Waals surface area contributed by atoms with Gasteiger partial charge in [0.1, 0.15) is 11.6 Å². The van der Waals surface area contributed by atoms with Crippen molar-refractivity contribution in [2.24, 2.45) is 0 Å². The molecular formula is C23H28N2O6. The fraction of sp³-hybridized carbons (Fsp3) is 0.348. The van der Waals surface area contributed by atoms with E-state index in [0.29, 0.717) is 5.56 Å². The maximum Gasteiger partial charge on any atom is 0.425 e. The number of nitrogens with one attached hydrogen (secondary N) is 1. The van der Waals surface area contributed by atoms with Crippen molar-refractivity contribution in [3.8, 4) is 0 Å². The largest absolute Gasteiger partial charge is 0.480 e. The lowest BCUT2D eigenvalue weighted by Gasteiger charge is -2.33. The number of benzene rings is 2. The molecule has 1 unspecified atom stereocenters. The molecule has 2 rings (SSSR count). The second-order valence-electron chi connectivity index (χ2n) is 8.10. The van der Waals surface area contributed by atoms with Crippen LogP contribution in [0.3, 0.4) is 0 Å². The Morgan fingerprint density at radius 2 is 1.35 bits per heavy atom. The zero-order valence-electron chi connectivity index (χ0n) is 17.8. The van der Waals surface area contributed by atoms with Gasteiger partial charge in [0, 0.05) is 12.8 Å². The van der Waals surface area contributed by atoms with Crippen LogP contribution in [-0.2, 0) is 27.2 Å². The first kappa shape index (κ1) is 23.9. The van der Waals surface area contributed by atoms with Crippen molar-refractivity contribution in [2.75, 3.05) is 0 Å². The molecule has 0 aliphatic carbocycles. The van der Waals surface area contributed by atoms with Crippen LogP contribution in [0.4, 0.5) is 4.79 Å². The van der Waals surface area contributed by atoms with Gasteiger partial charge in [-0.3, -0.25) is 4.79 Å². The molecule has 1 amide bonds. The summed E-state index contributed by atoms with van der Waals surface area (Å²) >= 11 is 0. The van der Waals surface area contributed by atoms with Crippen molar-refractivity contribution in [1.29, 1.82) is 0 Å². The minimum absolute atomic E-state index is 0.0277. The maximum absolute atomic E-state index is 12.9. The third-order valence-electron chi connectivity index (χ3n) is 4.33. The smallest absolute Gasteiger partial charge is 0.425 e. The van der Waals surface area contributed by atoms with Crippen molar-refractivity contribution < 1.29 is 29.3 Å². The maximum atomic E-state index is 12.9. The minimum Gasteiger partial charge on any atom is -0.480 e. The molecule has 31 heavy (non-hydrogen) atoms. The van der Waals surface area contributed by atoms with Gasteiger partial charge in [-0.15, -0.1) is 0 Å². The molecule has 2 aromatic carbocycles. The molecule has 8 heteroatoms. The molecule has 166 valence electrons. The average molecular weight is 428 g/mol. The molecule has 0 fully saturated rings. The van der Waals surface area contributed by atoms with E-state index in [1.54, 1.807) is 81.4 Å². The first-order valence-electron chi connectivity index (χ1n) is 9.88. The summed E-state index contributed by atoms with van der Waals surface area (Å²) in [7, 11) is 0. The van der Waals surface area contributed by atoms with Crippen molar-refractivity contribution in [3.63, 3.8) is 0 Å². The highest BCUT2D eigenvalue weighted by atomic mass is 16.6. The molecule has 0 spiro atoms. The number of carbonyl (C=O) groups excluding carboxylic acids is 1. The van der Waals surface area contributed by atoms with E-state index in [0.717, 1.165) is 10.6 Å². The van der Waals surface area contributed by atoms with Crippen LogP contribution in [0.2, 0.25) is 0 Å². The molecule has 0 aromatic heterocycles. The highest BCUT2D eigenvalue weighted by Crippen LogP contribution is 2.15. The number of carboxylic acid groups (broad SMARTS) is 2. The summed E-state index contributed by atoms with van der Waals surface area (Å²) in [6.07, 6.45) is -0.942. The highest BCUT2D eigenvalue weighted by Gasteiger charge is 2.36. The van der Waals surface area contributed by atoms with E-state index in [-0.39, 0.29) is 12.8 Å². The van der Waals surface area contributed by atoms with E-state index in [1.807, 2.05) is 0 Å². The predicted octanol–water partition coefficient (Wildman–Crippen LogP) is 3.12. The van der Waals surface area contributed by atoms with Crippen molar-refractivity contribution in [3.05, 3.63) is 71.8 Å². The van der Waals surface area contributed by atoms with Crippen LogP contribution in [0.1, 0.15) is 31.9 Å². The summed E-state index contributed by atoms with van der Waals surface area (Å²) in [5.74, 6) is -2.51. The summed E-state index contributed by atoms with van der Waals surface area (Å²) in [5, 5.41) is 20.4. The molecule has 0 aliphatic heterocycles. The van der Waals surface area contributed by atoms with Gasteiger partial charge < -0.3 is 14.9 Å². The summed E-state index contributed by atoms with van der Waals surface area (Å²) in [6, 6.07) is 15.0. The van der Waals surface area contributed by atoms with Crippen LogP contribution in [-0.4, -0.2) is 50.9 Å². The number of hydrazine groups is 1. The number of carboxylic acids is 2. The number of hydrogen-bond donors (Lipinski definition) is 3. The summed E-state index contributed by atoms with van der Waals surface area (Å²) in [5.41, 5.74) is 3.11. The normalized spacial score (nSPS) is 13.1. The Kier molecular flexibility index (Phi) is 8.15. The van der Waals surface area contributed by atoms with Gasteiger partial charge in [0.05, 0.1) is 0 Å². The Morgan fingerprint density at radius 3 is 1.77 bits per heavy atom. The number of amides is 1. The van der Waals surface area contributed by atoms with Gasteiger partial charge in [0.25, 0.3) is 0 Å².